The van der Waals surface area contributed by atoms with Crippen molar-refractivity contribution in [2.24, 2.45) is 0 Å². The van der Waals surface area contributed by atoms with Crippen LogP contribution in [-0.4, -0.2) is 74.4 Å². The number of methoxy groups -OCH3 is 1. The van der Waals surface area contributed by atoms with Gasteiger partial charge in [-0.05, 0) is 33.0 Å². The van der Waals surface area contributed by atoms with Gasteiger partial charge >= 0.3 is 0 Å². The Balaban J connectivity index is 1.80. The highest BCUT2D eigenvalue weighted by Gasteiger charge is 2.32. The van der Waals surface area contributed by atoms with Crippen molar-refractivity contribution in [1.82, 2.24) is 15.5 Å². The SMILES string of the molecule is COc1ccccc1CNC(=O)C[C@H]1CC[C@H](NC(=O)CN(C)C)[C@H](CO)O1. The maximum atomic E-state index is 12.3. The second-order valence-electron chi connectivity index (χ2n) is 7.26. The van der Waals surface area contributed by atoms with E-state index in [2.05, 4.69) is 10.6 Å². The van der Waals surface area contributed by atoms with Gasteiger partial charge < -0.3 is 30.1 Å². The number of nitrogens with one attached hydrogen (secondary N) is 2. The van der Waals surface area contributed by atoms with Gasteiger partial charge in [0.05, 0.1) is 38.8 Å². The van der Waals surface area contributed by atoms with Crippen LogP contribution in [0.2, 0.25) is 0 Å². The molecule has 2 rings (SSSR count). The second-order valence-corrected chi connectivity index (χ2v) is 7.26. The van der Waals surface area contributed by atoms with E-state index in [0.29, 0.717) is 19.4 Å². The van der Waals surface area contributed by atoms with Crippen LogP contribution in [0.1, 0.15) is 24.8 Å². The molecule has 0 radical (unpaired) electrons. The molecule has 8 heteroatoms. The predicted molar refractivity (Wildman–Crippen MR) is 105 cm³/mol. The number of hydrogen-bond donors (Lipinski definition) is 3. The molecule has 1 saturated heterocycles. The first-order valence-electron chi connectivity index (χ1n) is 9.52. The molecule has 1 aliphatic rings. The highest BCUT2D eigenvalue weighted by Crippen LogP contribution is 2.22. The van der Waals surface area contributed by atoms with Crippen molar-refractivity contribution in [2.75, 3.05) is 34.4 Å². The zero-order chi connectivity index (χ0) is 20.5. The number of benzene rings is 1. The van der Waals surface area contributed by atoms with Crippen LogP contribution in [0.4, 0.5) is 0 Å². The number of amides is 2. The number of carbonyl (C=O) groups excluding carboxylic acids is 2. The Labute approximate surface area is 166 Å². The molecule has 0 aliphatic carbocycles. The lowest BCUT2D eigenvalue weighted by atomic mass is 9.97. The van der Waals surface area contributed by atoms with Crippen LogP contribution in [0.25, 0.3) is 0 Å². The van der Waals surface area contributed by atoms with Gasteiger partial charge in [0.15, 0.2) is 0 Å². The lowest BCUT2D eigenvalue weighted by molar-refractivity contribution is -0.136. The van der Waals surface area contributed by atoms with Crippen LogP contribution in [0, 0.1) is 0 Å². The second kappa shape index (κ2) is 11.0. The van der Waals surface area contributed by atoms with Gasteiger partial charge in [0.2, 0.25) is 11.8 Å². The first kappa shape index (κ1) is 22.1. The zero-order valence-electron chi connectivity index (χ0n) is 16.8. The van der Waals surface area contributed by atoms with Crippen molar-refractivity contribution >= 4 is 11.8 Å². The van der Waals surface area contributed by atoms with Crippen LogP contribution in [0.15, 0.2) is 24.3 Å². The van der Waals surface area contributed by atoms with Crippen molar-refractivity contribution in [1.29, 1.82) is 0 Å². The van der Waals surface area contributed by atoms with E-state index in [0.717, 1.165) is 11.3 Å². The van der Waals surface area contributed by atoms with Gasteiger partial charge in [-0.3, -0.25) is 9.59 Å². The maximum absolute atomic E-state index is 12.3. The number of para-hydroxylation sites is 1. The third-order valence-corrected chi connectivity index (χ3v) is 4.68. The van der Waals surface area contributed by atoms with Gasteiger partial charge in [-0.15, -0.1) is 0 Å². The molecule has 0 bridgehead atoms. The van der Waals surface area contributed by atoms with E-state index in [1.54, 1.807) is 12.0 Å². The summed E-state index contributed by atoms with van der Waals surface area (Å²) in [6.45, 7) is 0.456. The standard InChI is InChI=1S/C20H31N3O5/c1-23(2)12-20(26)22-16-9-8-15(28-18(16)13-24)10-19(25)21-11-14-6-4-5-7-17(14)27-3/h4-7,15-16,18,24H,8-13H2,1-3H3,(H,21,25)(H,22,26)/t15-,16+,18+/m1/s1. The van der Waals surface area contributed by atoms with Gasteiger partial charge in [0.1, 0.15) is 11.9 Å². The molecule has 0 unspecified atom stereocenters. The quantitative estimate of drug-likeness (QED) is 0.558. The number of nitrogens with zero attached hydrogens (tertiary/aromatic N) is 1. The van der Waals surface area contributed by atoms with E-state index in [1.807, 2.05) is 38.4 Å². The normalized spacial score (nSPS) is 22.0. The molecule has 0 aromatic heterocycles. The summed E-state index contributed by atoms with van der Waals surface area (Å²) in [5.74, 6) is 0.501. The topological polar surface area (TPSA) is 100 Å². The summed E-state index contributed by atoms with van der Waals surface area (Å²) in [5, 5.41) is 15.4. The fourth-order valence-electron chi connectivity index (χ4n) is 3.31. The van der Waals surface area contributed by atoms with Crippen LogP contribution in [0.3, 0.4) is 0 Å². The van der Waals surface area contributed by atoms with E-state index in [1.165, 1.54) is 0 Å². The molecule has 1 aliphatic heterocycles. The van der Waals surface area contributed by atoms with Crippen LogP contribution in [0.5, 0.6) is 5.75 Å². The van der Waals surface area contributed by atoms with E-state index < -0.39 is 6.10 Å². The monoisotopic (exact) mass is 393 g/mol. The highest BCUT2D eigenvalue weighted by molar-refractivity contribution is 5.78. The van der Waals surface area contributed by atoms with Gasteiger partial charge in [-0.1, -0.05) is 18.2 Å². The van der Waals surface area contributed by atoms with E-state index >= 15 is 0 Å². The number of aliphatic hydroxyl groups excluding tert-OH is 1. The highest BCUT2D eigenvalue weighted by atomic mass is 16.5. The van der Waals surface area contributed by atoms with Gasteiger partial charge in [-0.25, -0.2) is 0 Å². The predicted octanol–water partition coefficient (Wildman–Crippen LogP) is 0.288. The Kier molecular flexibility index (Phi) is 8.69. The summed E-state index contributed by atoms with van der Waals surface area (Å²) < 4.78 is 11.1. The molecule has 0 saturated carbocycles. The smallest absolute Gasteiger partial charge is 0.234 e. The average molecular weight is 393 g/mol. The number of likely N-dealkylation sites (N-methyl/N-ethyl adjacent to an activating group) is 1. The molecule has 0 spiro atoms. The minimum atomic E-state index is -0.508. The molecule has 1 aromatic carbocycles. The minimum Gasteiger partial charge on any atom is -0.496 e. The molecular weight excluding hydrogens is 362 g/mol. The minimum absolute atomic E-state index is 0.106. The molecule has 3 N–H and O–H groups in total. The molecule has 1 aromatic rings. The first-order chi connectivity index (χ1) is 13.4. The number of hydrogen-bond acceptors (Lipinski definition) is 6. The van der Waals surface area contributed by atoms with Gasteiger partial charge in [0.25, 0.3) is 0 Å². The molecule has 1 fully saturated rings. The summed E-state index contributed by atoms with van der Waals surface area (Å²) in [5.41, 5.74) is 0.903. The number of ether oxygens (including phenoxy) is 2. The summed E-state index contributed by atoms with van der Waals surface area (Å²) in [6.07, 6.45) is 0.730. The Morgan fingerprint density at radius 1 is 1.25 bits per heavy atom. The fraction of sp³-hybridized carbons (Fsp3) is 0.600. The summed E-state index contributed by atoms with van der Waals surface area (Å²) in [4.78, 5) is 26.0. The number of aliphatic hydroxyl groups is 1. The Bertz CT molecular complexity index is 652. The maximum Gasteiger partial charge on any atom is 0.234 e. The molecule has 28 heavy (non-hydrogen) atoms. The van der Waals surface area contributed by atoms with Crippen LogP contribution < -0.4 is 15.4 Å². The Morgan fingerprint density at radius 3 is 2.68 bits per heavy atom. The fourth-order valence-corrected chi connectivity index (χ4v) is 3.31. The molecule has 3 atom stereocenters. The van der Waals surface area contributed by atoms with Crippen LogP contribution in [-0.2, 0) is 20.9 Å². The molecule has 2 amide bonds. The van der Waals surface area contributed by atoms with Gasteiger partial charge in [0, 0.05) is 12.1 Å². The third kappa shape index (κ3) is 6.78. The lowest BCUT2D eigenvalue weighted by Crippen LogP contribution is -2.52. The van der Waals surface area contributed by atoms with E-state index in [9.17, 15) is 14.7 Å². The molecule has 156 valence electrons. The van der Waals surface area contributed by atoms with Crippen molar-refractivity contribution in [3.05, 3.63) is 29.8 Å². The van der Waals surface area contributed by atoms with E-state index in [4.69, 9.17) is 9.47 Å². The Morgan fingerprint density at radius 2 is 2.00 bits per heavy atom. The van der Waals surface area contributed by atoms with E-state index in [-0.39, 0.29) is 43.5 Å². The first-order valence-corrected chi connectivity index (χ1v) is 9.52. The van der Waals surface area contributed by atoms with Crippen molar-refractivity contribution in [3.63, 3.8) is 0 Å². The Hall–Kier alpha value is -2.16. The molecular formula is C20H31N3O5. The number of carbonyl (C=O) groups is 2. The molecule has 8 nitrogen and oxygen atoms in total. The van der Waals surface area contributed by atoms with Crippen LogP contribution >= 0.6 is 0 Å². The van der Waals surface area contributed by atoms with Gasteiger partial charge in [-0.2, -0.15) is 0 Å². The summed E-state index contributed by atoms with van der Waals surface area (Å²) in [6, 6.07) is 7.28. The zero-order valence-corrected chi connectivity index (χ0v) is 16.8. The number of rotatable bonds is 9. The average Bonchev–Trinajstić information content (AvgIpc) is 2.67. The summed E-state index contributed by atoms with van der Waals surface area (Å²) in [7, 11) is 5.24. The third-order valence-electron chi connectivity index (χ3n) is 4.68. The van der Waals surface area contributed by atoms with Crippen molar-refractivity contribution in [2.45, 2.75) is 44.1 Å². The summed E-state index contributed by atoms with van der Waals surface area (Å²) >= 11 is 0. The lowest BCUT2D eigenvalue weighted by Gasteiger charge is -2.36. The van der Waals surface area contributed by atoms with Crippen molar-refractivity contribution in [3.8, 4) is 5.75 Å². The largest absolute Gasteiger partial charge is 0.496 e. The van der Waals surface area contributed by atoms with Crippen molar-refractivity contribution < 1.29 is 24.2 Å². The molecule has 1 heterocycles.